The first kappa shape index (κ1) is 11.6. The molecule has 1 aliphatic carbocycles. The minimum Gasteiger partial charge on any atom is -0.393 e. The zero-order chi connectivity index (χ0) is 10.4. The van der Waals surface area contributed by atoms with Crippen LogP contribution in [-0.2, 0) is 0 Å². The highest BCUT2D eigenvalue weighted by molar-refractivity contribution is 4.91. The SMILES string of the molecule is C#CCC(CC)NC1CCC(O)CC1. The first-order valence-electron chi connectivity index (χ1n) is 5.63. The van der Waals surface area contributed by atoms with E-state index in [4.69, 9.17) is 6.42 Å². The number of aliphatic hydroxyl groups is 1. The topological polar surface area (TPSA) is 32.3 Å². The molecule has 1 fully saturated rings. The van der Waals surface area contributed by atoms with Crippen molar-refractivity contribution in [3.8, 4) is 12.3 Å². The number of nitrogens with one attached hydrogen (secondary N) is 1. The van der Waals surface area contributed by atoms with Crippen LogP contribution in [0.1, 0.15) is 45.4 Å². The molecule has 0 aromatic carbocycles. The smallest absolute Gasteiger partial charge is 0.0541 e. The fourth-order valence-corrected chi connectivity index (χ4v) is 2.04. The highest BCUT2D eigenvalue weighted by Crippen LogP contribution is 2.19. The molecule has 1 aliphatic rings. The van der Waals surface area contributed by atoms with Crippen molar-refractivity contribution in [3.05, 3.63) is 0 Å². The fourth-order valence-electron chi connectivity index (χ4n) is 2.04. The minimum absolute atomic E-state index is 0.0687. The molecule has 0 bridgehead atoms. The molecule has 2 nitrogen and oxygen atoms in total. The van der Waals surface area contributed by atoms with Crippen molar-refractivity contribution in [2.45, 2.75) is 63.6 Å². The zero-order valence-electron chi connectivity index (χ0n) is 9.00. The Morgan fingerprint density at radius 2 is 2.07 bits per heavy atom. The third-order valence-electron chi connectivity index (χ3n) is 3.03. The maximum atomic E-state index is 9.36. The van der Waals surface area contributed by atoms with Gasteiger partial charge >= 0.3 is 0 Å². The highest BCUT2D eigenvalue weighted by atomic mass is 16.3. The molecule has 1 atom stereocenters. The van der Waals surface area contributed by atoms with E-state index in [1.807, 2.05) is 0 Å². The Bertz CT molecular complexity index is 189. The molecule has 14 heavy (non-hydrogen) atoms. The number of hydrogen-bond acceptors (Lipinski definition) is 2. The highest BCUT2D eigenvalue weighted by Gasteiger charge is 2.20. The average molecular weight is 195 g/mol. The van der Waals surface area contributed by atoms with Gasteiger partial charge in [-0.05, 0) is 32.1 Å². The van der Waals surface area contributed by atoms with Crippen LogP contribution in [0, 0.1) is 12.3 Å². The lowest BCUT2D eigenvalue weighted by Crippen LogP contribution is -2.40. The van der Waals surface area contributed by atoms with Crippen molar-refractivity contribution in [3.63, 3.8) is 0 Å². The summed E-state index contributed by atoms with van der Waals surface area (Å²) in [4.78, 5) is 0. The van der Waals surface area contributed by atoms with Gasteiger partial charge in [0.2, 0.25) is 0 Å². The van der Waals surface area contributed by atoms with Crippen LogP contribution in [0.3, 0.4) is 0 Å². The summed E-state index contributed by atoms with van der Waals surface area (Å²) in [6, 6.07) is 1.02. The van der Waals surface area contributed by atoms with Gasteiger partial charge < -0.3 is 10.4 Å². The molecule has 80 valence electrons. The summed E-state index contributed by atoms with van der Waals surface area (Å²) in [6.45, 7) is 2.16. The second kappa shape index (κ2) is 6.06. The first-order valence-corrected chi connectivity index (χ1v) is 5.63. The summed E-state index contributed by atoms with van der Waals surface area (Å²) >= 11 is 0. The zero-order valence-corrected chi connectivity index (χ0v) is 9.00. The summed E-state index contributed by atoms with van der Waals surface area (Å²) in [5.41, 5.74) is 0. The molecule has 0 radical (unpaired) electrons. The summed E-state index contributed by atoms with van der Waals surface area (Å²) in [6.07, 6.45) is 11.2. The van der Waals surface area contributed by atoms with E-state index < -0.39 is 0 Å². The molecule has 2 N–H and O–H groups in total. The molecule has 1 rings (SSSR count). The van der Waals surface area contributed by atoms with Crippen LogP contribution in [0.25, 0.3) is 0 Å². The van der Waals surface area contributed by atoms with Crippen molar-refractivity contribution >= 4 is 0 Å². The number of rotatable bonds is 4. The number of aliphatic hydroxyl groups excluding tert-OH is 1. The van der Waals surface area contributed by atoms with Gasteiger partial charge in [-0.2, -0.15) is 0 Å². The number of terminal acetylenes is 1. The van der Waals surface area contributed by atoms with E-state index in [9.17, 15) is 5.11 Å². The van der Waals surface area contributed by atoms with Gasteiger partial charge in [0.25, 0.3) is 0 Å². The van der Waals surface area contributed by atoms with Gasteiger partial charge in [-0.15, -0.1) is 12.3 Å². The standard InChI is InChI=1S/C12H21NO/c1-3-5-10(4-2)13-11-6-8-12(14)9-7-11/h1,10-14H,4-9H2,2H3. The Morgan fingerprint density at radius 1 is 1.43 bits per heavy atom. The minimum atomic E-state index is -0.0687. The largest absolute Gasteiger partial charge is 0.393 e. The van der Waals surface area contributed by atoms with Crippen LogP contribution in [0.15, 0.2) is 0 Å². The van der Waals surface area contributed by atoms with Crippen LogP contribution < -0.4 is 5.32 Å². The Kier molecular flexibility index (Phi) is 5.00. The molecule has 1 unspecified atom stereocenters. The third kappa shape index (κ3) is 3.69. The molecule has 0 spiro atoms. The molecule has 2 heteroatoms. The summed E-state index contributed by atoms with van der Waals surface area (Å²) in [5.74, 6) is 2.71. The van der Waals surface area contributed by atoms with E-state index in [0.717, 1.165) is 38.5 Å². The lowest BCUT2D eigenvalue weighted by Gasteiger charge is -2.29. The molecule has 0 heterocycles. The molecule has 0 amide bonds. The second-order valence-corrected chi connectivity index (χ2v) is 4.19. The first-order chi connectivity index (χ1) is 6.76. The van der Waals surface area contributed by atoms with Gasteiger partial charge in [-0.25, -0.2) is 0 Å². The van der Waals surface area contributed by atoms with E-state index in [0.29, 0.717) is 12.1 Å². The summed E-state index contributed by atoms with van der Waals surface area (Å²) < 4.78 is 0. The average Bonchev–Trinajstić information content (AvgIpc) is 2.20. The van der Waals surface area contributed by atoms with Gasteiger partial charge in [0.15, 0.2) is 0 Å². The van der Waals surface area contributed by atoms with Crippen molar-refractivity contribution < 1.29 is 5.11 Å². The second-order valence-electron chi connectivity index (χ2n) is 4.19. The molecule has 0 aliphatic heterocycles. The fraction of sp³-hybridized carbons (Fsp3) is 0.833. The molecular formula is C12H21NO. The monoisotopic (exact) mass is 195 g/mol. The van der Waals surface area contributed by atoms with Crippen molar-refractivity contribution in [1.29, 1.82) is 0 Å². The normalized spacial score (nSPS) is 29.5. The maximum absolute atomic E-state index is 9.36. The molecule has 1 saturated carbocycles. The predicted molar refractivity (Wildman–Crippen MR) is 58.9 cm³/mol. The summed E-state index contributed by atoms with van der Waals surface area (Å²) in [5, 5.41) is 12.9. The van der Waals surface area contributed by atoms with E-state index in [2.05, 4.69) is 18.2 Å². The lowest BCUT2D eigenvalue weighted by atomic mass is 9.92. The van der Waals surface area contributed by atoms with Gasteiger partial charge in [0, 0.05) is 18.5 Å². The van der Waals surface area contributed by atoms with E-state index in [1.165, 1.54) is 0 Å². The van der Waals surface area contributed by atoms with Gasteiger partial charge in [0.05, 0.1) is 6.10 Å². The number of hydrogen-bond donors (Lipinski definition) is 2. The Morgan fingerprint density at radius 3 is 2.57 bits per heavy atom. The van der Waals surface area contributed by atoms with E-state index in [1.54, 1.807) is 0 Å². The van der Waals surface area contributed by atoms with Gasteiger partial charge in [-0.1, -0.05) is 6.92 Å². The predicted octanol–water partition coefficient (Wildman–Crippen LogP) is 1.68. The van der Waals surface area contributed by atoms with Gasteiger partial charge in [0.1, 0.15) is 0 Å². The van der Waals surface area contributed by atoms with Crippen molar-refractivity contribution in [1.82, 2.24) is 5.32 Å². The molecule has 0 aromatic rings. The maximum Gasteiger partial charge on any atom is 0.0541 e. The Hall–Kier alpha value is -0.520. The van der Waals surface area contributed by atoms with Crippen LogP contribution in [-0.4, -0.2) is 23.3 Å². The van der Waals surface area contributed by atoms with Crippen molar-refractivity contribution in [2.75, 3.05) is 0 Å². The van der Waals surface area contributed by atoms with Gasteiger partial charge in [-0.3, -0.25) is 0 Å². The molecular weight excluding hydrogens is 174 g/mol. The van der Waals surface area contributed by atoms with Crippen LogP contribution in [0.4, 0.5) is 0 Å². The van der Waals surface area contributed by atoms with Crippen LogP contribution in [0.2, 0.25) is 0 Å². The quantitative estimate of drug-likeness (QED) is 0.669. The Labute approximate surface area is 87.1 Å². The Balaban J connectivity index is 2.25. The van der Waals surface area contributed by atoms with Crippen LogP contribution >= 0.6 is 0 Å². The van der Waals surface area contributed by atoms with Crippen LogP contribution in [0.5, 0.6) is 0 Å². The lowest BCUT2D eigenvalue weighted by molar-refractivity contribution is 0.114. The third-order valence-corrected chi connectivity index (χ3v) is 3.03. The van der Waals surface area contributed by atoms with E-state index in [-0.39, 0.29) is 6.10 Å². The molecule has 0 saturated heterocycles. The summed E-state index contributed by atoms with van der Waals surface area (Å²) in [7, 11) is 0. The van der Waals surface area contributed by atoms with E-state index >= 15 is 0 Å². The van der Waals surface area contributed by atoms with Crippen molar-refractivity contribution in [2.24, 2.45) is 0 Å². The molecule has 0 aromatic heterocycles.